The van der Waals surface area contributed by atoms with E-state index in [4.69, 9.17) is 5.73 Å². The monoisotopic (exact) mass is 268 g/mol. The molecule has 15 heavy (non-hydrogen) atoms. The molecule has 1 aliphatic heterocycles. The first kappa shape index (κ1) is 11.0. The minimum absolute atomic E-state index is 0.786. The fourth-order valence-electron chi connectivity index (χ4n) is 2.21. The van der Waals surface area contributed by atoms with Gasteiger partial charge in [0.2, 0.25) is 0 Å². The molecule has 0 bridgehead atoms. The van der Waals surface area contributed by atoms with Crippen LogP contribution in [0.15, 0.2) is 28.7 Å². The lowest BCUT2D eigenvalue weighted by molar-refractivity contribution is 0.546. The van der Waals surface area contributed by atoms with Gasteiger partial charge in [-0.25, -0.2) is 0 Å². The number of rotatable bonds is 3. The van der Waals surface area contributed by atoms with Crippen LogP contribution in [0.3, 0.4) is 0 Å². The van der Waals surface area contributed by atoms with Crippen molar-refractivity contribution < 1.29 is 0 Å². The lowest BCUT2D eigenvalue weighted by Crippen LogP contribution is -2.20. The maximum absolute atomic E-state index is 5.59. The molecule has 0 aliphatic carbocycles. The van der Waals surface area contributed by atoms with Gasteiger partial charge < -0.3 is 10.6 Å². The summed E-state index contributed by atoms with van der Waals surface area (Å²) in [6, 6.07) is 8.52. The van der Waals surface area contributed by atoms with Crippen LogP contribution in [0.5, 0.6) is 0 Å². The van der Waals surface area contributed by atoms with E-state index in [1.807, 2.05) is 0 Å². The number of anilines is 1. The van der Waals surface area contributed by atoms with Gasteiger partial charge in [-0.15, -0.1) is 0 Å². The summed E-state index contributed by atoms with van der Waals surface area (Å²) in [4.78, 5) is 2.45. The molecule has 0 radical (unpaired) electrons. The van der Waals surface area contributed by atoms with Crippen molar-refractivity contribution >= 4 is 21.6 Å². The maximum atomic E-state index is 5.59. The lowest BCUT2D eigenvalue weighted by atomic mass is 10.1. The quantitative estimate of drug-likeness (QED) is 0.914. The van der Waals surface area contributed by atoms with Crippen molar-refractivity contribution in [1.29, 1.82) is 0 Å². The van der Waals surface area contributed by atoms with Crippen LogP contribution < -0.4 is 10.6 Å². The van der Waals surface area contributed by atoms with Crippen molar-refractivity contribution in [3.05, 3.63) is 28.7 Å². The molecule has 1 heterocycles. The Kier molecular flexibility index (Phi) is 3.65. The number of hydrogen-bond donors (Lipinski definition) is 1. The van der Waals surface area contributed by atoms with Crippen LogP contribution >= 0.6 is 15.9 Å². The first-order valence-electron chi connectivity index (χ1n) is 5.50. The molecule has 1 atom stereocenters. The zero-order chi connectivity index (χ0) is 10.7. The molecular weight excluding hydrogens is 252 g/mol. The summed E-state index contributed by atoms with van der Waals surface area (Å²) in [5.74, 6) is 0.786. The summed E-state index contributed by atoms with van der Waals surface area (Å²) >= 11 is 3.51. The van der Waals surface area contributed by atoms with Gasteiger partial charge in [0, 0.05) is 23.2 Å². The molecule has 2 rings (SSSR count). The standard InChI is InChI=1S/C12H17BrN2/c13-11-2-1-3-12(8-11)15-7-5-10(9-15)4-6-14/h1-3,8,10H,4-7,9,14H2. The summed E-state index contributed by atoms with van der Waals surface area (Å²) in [6.45, 7) is 3.14. The van der Waals surface area contributed by atoms with Gasteiger partial charge in [0.05, 0.1) is 0 Å². The van der Waals surface area contributed by atoms with Gasteiger partial charge in [-0.2, -0.15) is 0 Å². The third-order valence-corrected chi connectivity index (χ3v) is 3.53. The molecule has 1 aromatic carbocycles. The van der Waals surface area contributed by atoms with Crippen molar-refractivity contribution in [2.24, 2.45) is 11.7 Å². The molecule has 2 nitrogen and oxygen atoms in total. The summed E-state index contributed by atoms with van der Waals surface area (Å²) in [6.07, 6.45) is 2.44. The Hall–Kier alpha value is -0.540. The molecule has 1 unspecified atom stereocenters. The maximum Gasteiger partial charge on any atom is 0.0377 e. The second-order valence-electron chi connectivity index (χ2n) is 4.16. The van der Waals surface area contributed by atoms with E-state index in [1.54, 1.807) is 0 Å². The Morgan fingerprint density at radius 1 is 1.47 bits per heavy atom. The third-order valence-electron chi connectivity index (χ3n) is 3.03. The molecule has 0 aromatic heterocycles. The summed E-state index contributed by atoms with van der Waals surface area (Å²) in [5, 5.41) is 0. The third kappa shape index (κ3) is 2.73. The van der Waals surface area contributed by atoms with Gasteiger partial charge in [0.25, 0.3) is 0 Å². The molecule has 1 aromatic rings. The van der Waals surface area contributed by atoms with Crippen molar-refractivity contribution in [1.82, 2.24) is 0 Å². The summed E-state index contributed by atoms with van der Waals surface area (Å²) in [7, 11) is 0. The Bertz CT molecular complexity index is 327. The molecule has 3 heteroatoms. The van der Waals surface area contributed by atoms with Crippen LogP contribution in [0.25, 0.3) is 0 Å². The molecule has 1 saturated heterocycles. The number of halogens is 1. The van der Waals surface area contributed by atoms with Crippen LogP contribution in [0.2, 0.25) is 0 Å². The van der Waals surface area contributed by atoms with Gasteiger partial charge in [0.15, 0.2) is 0 Å². The van der Waals surface area contributed by atoms with Gasteiger partial charge in [-0.3, -0.25) is 0 Å². The average molecular weight is 269 g/mol. The van der Waals surface area contributed by atoms with Crippen LogP contribution in [0, 0.1) is 5.92 Å². The highest BCUT2D eigenvalue weighted by atomic mass is 79.9. The smallest absolute Gasteiger partial charge is 0.0377 e. The number of hydrogen-bond acceptors (Lipinski definition) is 2. The number of benzene rings is 1. The average Bonchev–Trinajstić information content (AvgIpc) is 2.67. The molecular formula is C12H17BrN2. The molecule has 1 fully saturated rings. The second-order valence-corrected chi connectivity index (χ2v) is 5.07. The van der Waals surface area contributed by atoms with Crippen LogP contribution in [-0.4, -0.2) is 19.6 Å². The number of nitrogens with zero attached hydrogens (tertiary/aromatic N) is 1. The van der Waals surface area contributed by atoms with Crippen molar-refractivity contribution in [3.8, 4) is 0 Å². The second kappa shape index (κ2) is 4.99. The van der Waals surface area contributed by atoms with Gasteiger partial charge in [-0.1, -0.05) is 22.0 Å². The largest absolute Gasteiger partial charge is 0.371 e. The van der Waals surface area contributed by atoms with E-state index in [2.05, 4.69) is 45.1 Å². The van der Waals surface area contributed by atoms with E-state index in [9.17, 15) is 0 Å². The highest BCUT2D eigenvalue weighted by Crippen LogP contribution is 2.27. The highest BCUT2D eigenvalue weighted by molar-refractivity contribution is 9.10. The van der Waals surface area contributed by atoms with Crippen molar-refractivity contribution in [2.45, 2.75) is 12.8 Å². The molecule has 0 saturated carbocycles. The number of nitrogens with two attached hydrogens (primary N) is 1. The van der Waals surface area contributed by atoms with Gasteiger partial charge >= 0.3 is 0 Å². The Morgan fingerprint density at radius 3 is 3.07 bits per heavy atom. The predicted octanol–water partition coefficient (Wildman–Crippen LogP) is 2.62. The fourth-order valence-corrected chi connectivity index (χ4v) is 2.60. The fraction of sp³-hybridized carbons (Fsp3) is 0.500. The minimum Gasteiger partial charge on any atom is -0.371 e. The van der Waals surface area contributed by atoms with E-state index in [-0.39, 0.29) is 0 Å². The van der Waals surface area contributed by atoms with E-state index in [0.29, 0.717) is 0 Å². The zero-order valence-electron chi connectivity index (χ0n) is 8.82. The van der Waals surface area contributed by atoms with Crippen molar-refractivity contribution in [3.63, 3.8) is 0 Å². The molecule has 82 valence electrons. The normalized spacial score (nSPS) is 20.9. The van der Waals surface area contributed by atoms with Gasteiger partial charge in [-0.05, 0) is 43.5 Å². The lowest BCUT2D eigenvalue weighted by Gasteiger charge is -2.18. The molecule has 1 aliphatic rings. The predicted molar refractivity (Wildman–Crippen MR) is 68.1 cm³/mol. The minimum atomic E-state index is 0.786. The van der Waals surface area contributed by atoms with Crippen LogP contribution in [-0.2, 0) is 0 Å². The highest BCUT2D eigenvalue weighted by Gasteiger charge is 2.21. The Morgan fingerprint density at radius 2 is 2.33 bits per heavy atom. The molecule has 0 spiro atoms. The zero-order valence-corrected chi connectivity index (χ0v) is 10.4. The van der Waals surface area contributed by atoms with Crippen molar-refractivity contribution in [2.75, 3.05) is 24.5 Å². The van der Waals surface area contributed by atoms with Crippen LogP contribution in [0.1, 0.15) is 12.8 Å². The van der Waals surface area contributed by atoms with Crippen LogP contribution in [0.4, 0.5) is 5.69 Å². The molecule has 0 amide bonds. The Balaban J connectivity index is 2.01. The SMILES string of the molecule is NCCC1CCN(c2cccc(Br)c2)C1. The summed E-state index contributed by atoms with van der Waals surface area (Å²) < 4.78 is 1.15. The first-order chi connectivity index (χ1) is 7.29. The van der Waals surface area contributed by atoms with E-state index >= 15 is 0 Å². The van der Waals surface area contributed by atoms with E-state index in [0.717, 1.165) is 29.9 Å². The van der Waals surface area contributed by atoms with E-state index in [1.165, 1.54) is 18.7 Å². The topological polar surface area (TPSA) is 29.3 Å². The first-order valence-corrected chi connectivity index (χ1v) is 6.29. The molecule has 2 N–H and O–H groups in total. The summed E-state index contributed by atoms with van der Waals surface area (Å²) in [5.41, 5.74) is 6.91. The van der Waals surface area contributed by atoms with E-state index < -0.39 is 0 Å². The Labute approximate surface area is 99.6 Å². The van der Waals surface area contributed by atoms with Gasteiger partial charge in [0.1, 0.15) is 0 Å².